The van der Waals surface area contributed by atoms with Crippen LogP contribution in [0.15, 0.2) is 48.5 Å². The number of piperazine rings is 2. The van der Waals surface area contributed by atoms with Gasteiger partial charge in [-0.05, 0) is 41.8 Å². The van der Waals surface area contributed by atoms with E-state index in [-0.39, 0.29) is 17.8 Å². The Morgan fingerprint density at radius 1 is 0.558 bits per heavy atom. The first-order chi connectivity index (χ1) is 20.8. The second kappa shape index (κ2) is 15.2. The fraction of sp³-hybridized carbons (Fsp3) is 0.531. The van der Waals surface area contributed by atoms with E-state index >= 15 is 0 Å². The maximum absolute atomic E-state index is 13.2. The minimum absolute atomic E-state index is 0.0626. The van der Waals surface area contributed by atoms with Crippen molar-refractivity contribution in [3.05, 3.63) is 69.7 Å². The summed E-state index contributed by atoms with van der Waals surface area (Å²) in [7, 11) is 0. The average Bonchev–Trinajstić information content (AvgIpc) is 3.02. The Bertz CT molecular complexity index is 1140. The molecule has 232 valence electrons. The van der Waals surface area contributed by atoms with Crippen LogP contribution >= 0.6 is 23.2 Å². The normalized spacial score (nSPS) is 18.8. The van der Waals surface area contributed by atoms with Gasteiger partial charge >= 0.3 is 6.03 Å². The quantitative estimate of drug-likeness (QED) is 0.399. The van der Waals surface area contributed by atoms with Crippen LogP contribution in [-0.2, 0) is 22.7 Å². The van der Waals surface area contributed by atoms with Crippen LogP contribution in [0.4, 0.5) is 4.79 Å². The van der Waals surface area contributed by atoms with Crippen LogP contribution in [0.5, 0.6) is 0 Å². The molecule has 11 heteroatoms. The third kappa shape index (κ3) is 9.08. The van der Waals surface area contributed by atoms with Gasteiger partial charge in [-0.3, -0.25) is 19.4 Å². The van der Waals surface area contributed by atoms with E-state index in [0.29, 0.717) is 65.2 Å². The molecule has 0 N–H and O–H groups in total. The first kappa shape index (κ1) is 31.6. The second-order valence-electron chi connectivity index (χ2n) is 11.7. The number of benzene rings is 2. The molecule has 9 nitrogen and oxygen atoms in total. The number of carbonyl (C=O) groups is 3. The van der Waals surface area contributed by atoms with E-state index in [1.807, 2.05) is 58.3 Å². The Balaban J connectivity index is 0.983. The van der Waals surface area contributed by atoms with Crippen LogP contribution in [0.2, 0.25) is 10.0 Å². The standard InChI is InChI=1S/C32H42Cl2N6O3/c33-28-6-2-26(3-7-28)24-35-16-20-37(21-17-35)30(41)10-14-39-12-1-13-40(32(39)43)15-11-31(42)38-22-18-36(19-23-38)25-27-4-8-29(34)9-5-27/h2-9H,1,10-25H2. The van der Waals surface area contributed by atoms with Gasteiger partial charge in [-0.1, -0.05) is 47.5 Å². The molecule has 3 fully saturated rings. The molecule has 3 heterocycles. The zero-order chi connectivity index (χ0) is 30.2. The molecule has 5 rings (SSSR count). The molecule has 4 amide bonds. The van der Waals surface area contributed by atoms with E-state index in [4.69, 9.17) is 23.2 Å². The molecular weight excluding hydrogens is 587 g/mol. The molecule has 0 atom stereocenters. The third-order valence-electron chi connectivity index (χ3n) is 8.68. The molecule has 43 heavy (non-hydrogen) atoms. The number of hydrogen-bond acceptors (Lipinski definition) is 5. The minimum atomic E-state index is -0.0626. The zero-order valence-electron chi connectivity index (χ0n) is 24.8. The highest BCUT2D eigenvalue weighted by Gasteiger charge is 2.29. The molecule has 0 spiro atoms. The predicted octanol–water partition coefficient (Wildman–Crippen LogP) is 3.89. The van der Waals surface area contributed by atoms with Gasteiger partial charge in [0, 0.05) is 115 Å². The molecule has 3 aliphatic heterocycles. The maximum atomic E-state index is 13.2. The summed E-state index contributed by atoms with van der Waals surface area (Å²) in [6.45, 7) is 9.95. The first-order valence-corrected chi connectivity index (χ1v) is 16.1. The van der Waals surface area contributed by atoms with E-state index in [1.165, 1.54) is 11.1 Å². The van der Waals surface area contributed by atoms with Crippen molar-refractivity contribution in [2.24, 2.45) is 0 Å². The number of carbonyl (C=O) groups excluding carboxylic acids is 3. The summed E-state index contributed by atoms with van der Waals surface area (Å²) in [6, 6.07) is 15.7. The van der Waals surface area contributed by atoms with E-state index in [1.54, 1.807) is 9.80 Å². The van der Waals surface area contributed by atoms with Crippen molar-refractivity contribution in [3.63, 3.8) is 0 Å². The van der Waals surface area contributed by atoms with Gasteiger partial charge in [0.2, 0.25) is 11.8 Å². The lowest BCUT2D eigenvalue weighted by molar-refractivity contribution is -0.133. The summed E-state index contributed by atoms with van der Waals surface area (Å²) < 4.78 is 0. The molecule has 0 radical (unpaired) electrons. The highest BCUT2D eigenvalue weighted by molar-refractivity contribution is 6.30. The van der Waals surface area contributed by atoms with Crippen molar-refractivity contribution >= 4 is 41.0 Å². The van der Waals surface area contributed by atoms with Gasteiger partial charge in [-0.15, -0.1) is 0 Å². The van der Waals surface area contributed by atoms with Gasteiger partial charge in [0.05, 0.1) is 0 Å². The van der Waals surface area contributed by atoms with E-state index in [2.05, 4.69) is 9.80 Å². The second-order valence-corrected chi connectivity index (χ2v) is 12.5. The summed E-state index contributed by atoms with van der Waals surface area (Å²) in [5.41, 5.74) is 2.43. The lowest BCUT2D eigenvalue weighted by Gasteiger charge is -2.38. The smallest absolute Gasteiger partial charge is 0.320 e. The van der Waals surface area contributed by atoms with E-state index in [0.717, 1.165) is 55.7 Å². The Hall–Kier alpha value is -2.85. The number of halogens is 2. The molecule has 0 saturated carbocycles. The van der Waals surface area contributed by atoms with Crippen molar-refractivity contribution in [1.82, 2.24) is 29.4 Å². The summed E-state index contributed by atoms with van der Waals surface area (Å²) in [5.74, 6) is 0.197. The number of nitrogens with zero attached hydrogens (tertiary/aromatic N) is 6. The Morgan fingerprint density at radius 3 is 1.30 bits per heavy atom. The van der Waals surface area contributed by atoms with Crippen LogP contribution in [0.3, 0.4) is 0 Å². The molecular formula is C32H42Cl2N6O3. The fourth-order valence-electron chi connectivity index (χ4n) is 6.04. The van der Waals surface area contributed by atoms with Gasteiger partial charge in [0.1, 0.15) is 0 Å². The SMILES string of the molecule is O=C(CCN1CCCN(CCC(=O)N2CCN(Cc3ccc(Cl)cc3)CC2)C1=O)N1CCN(Cc2ccc(Cl)cc2)CC1. The lowest BCUT2D eigenvalue weighted by atomic mass is 10.2. The molecule has 3 saturated heterocycles. The molecule has 0 unspecified atom stereocenters. The summed E-state index contributed by atoms with van der Waals surface area (Å²) in [5, 5.41) is 1.47. The topological polar surface area (TPSA) is 70.7 Å². The number of rotatable bonds is 10. The molecule has 2 aromatic rings. The highest BCUT2D eigenvalue weighted by atomic mass is 35.5. The van der Waals surface area contributed by atoms with Crippen molar-refractivity contribution in [1.29, 1.82) is 0 Å². The largest absolute Gasteiger partial charge is 0.340 e. The lowest BCUT2D eigenvalue weighted by Crippen LogP contribution is -2.52. The van der Waals surface area contributed by atoms with Crippen LogP contribution in [-0.4, -0.2) is 126 Å². The van der Waals surface area contributed by atoms with E-state index in [9.17, 15) is 14.4 Å². The fourth-order valence-corrected chi connectivity index (χ4v) is 6.29. The molecule has 0 aliphatic carbocycles. The Kier molecular flexibility index (Phi) is 11.2. The van der Waals surface area contributed by atoms with Gasteiger partial charge in [-0.2, -0.15) is 0 Å². The van der Waals surface area contributed by atoms with Gasteiger partial charge < -0.3 is 19.6 Å². The van der Waals surface area contributed by atoms with Crippen molar-refractivity contribution < 1.29 is 14.4 Å². The van der Waals surface area contributed by atoms with Crippen LogP contribution in [0.1, 0.15) is 30.4 Å². The monoisotopic (exact) mass is 628 g/mol. The minimum Gasteiger partial charge on any atom is -0.340 e. The predicted molar refractivity (Wildman–Crippen MR) is 169 cm³/mol. The van der Waals surface area contributed by atoms with Crippen molar-refractivity contribution in [2.75, 3.05) is 78.5 Å². The van der Waals surface area contributed by atoms with E-state index < -0.39 is 0 Å². The first-order valence-electron chi connectivity index (χ1n) is 15.4. The molecule has 0 bridgehead atoms. The Labute approximate surface area is 264 Å². The molecule has 2 aromatic carbocycles. The van der Waals surface area contributed by atoms with Crippen molar-refractivity contribution in [3.8, 4) is 0 Å². The van der Waals surface area contributed by atoms with Gasteiger partial charge in [0.25, 0.3) is 0 Å². The van der Waals surface area contributed by atoms with Gasteiger partial charge in [-0.25, -0.2) is 4.79 Å². The summed E-state index contributed by atoms with van der Waals surface area (Å²) >= 11 is 12.0. The molecule has 0 aromatic heterocycles. The zero-order valence-corrected chi connectivity index (χ0v) is 26.3. The van der Waals surface area contributed by atoms with Gasteiger partial charge in [0.15, 0.2) is 0 Å². The average molecular weight is 630 g/mol. The molecule has 3 aliphatic rings. The van der Waals surface area contributed by atoms with Crippen LogP contribution in [0, 0.1) is 0 Å². The number of amides is 4. The summed E-state index contributed by atoms with van der Waals surface area (Å²) in [4.78, 5) is 51.1. The van der Waals surface area contributed by atoms with Crippen molar-refractivity contribution in [2.45, 2.75) is 32.4 Å². The number of hydrogen-bond donors (Lipinski definition) is 0. The van der Waals surface area contributed by atoms with Crippen LogP contribution in [0.25, 0.3) is 0 Å². The number of urea groups is 1. The van der Waals surface area contributed by atoms with Crippen LogP contribution < -0.4 is 0 Å². The highest BCUT2D eigenvalue weighted by Crippen LogP contribution is 2.16. The Morgan fingerprint density at radius 2 is 0.930 bits per heavy atom. The summed E-state index contributed by atoms with van der Waals surface area (Å²) in [6.07, 6.45) is 1.51. The maximum Gasteiger partial charge on any atom is 0.320 e. The third-order valence-corrected chi connectivity index (χ3v) is 9.18.